The van der Waals surface area contributed by atoms with Gasteiger partial charge in [0.15, 0.2) is 0 Å². The van der Waals surface area contributed by atoms with E-state index in [0.717, 1.165) is 6.04 Å². The first-order valence-electron chi connectivity index (χ1n) is 6.86. The van der Waals surface area contributed by atoms with E-state index < -0.39 is 0 Å². The fraction of sp³-hybridized carbons (Fsp3) is 1.00. The van der Waals surface area contributed by atoms with E-state index in [9.17, 15) is 0 Å². The lowest BCUT2D eigenvalue weighted by Gasteiger charge is -2.38. The number of hydrogen-bond acceptors (Lipinski definition) is 2. The van der Waals surface area contributed by atoms with Crippen LogP contribution in [0.4, 0.5) is 0 Å². The van der Waals surface area contributed by atoms with Crippen LogP contribution in [-0.4, -0.2) is 48.6 Å². The maximum atomic E-state index is 2.76. The van der Waals surface area contributed by atoms with Gasteiger partial charge in [-0.1, -0.05) is 32.6 Å². The molecule has 0 N–H and O–H groups in total. The van der Waals surface area contributed by atoms with Crippen molar-refractivity contribution in [2.24, 2.45) is 0 Å². The maximum absolute atomic E-state index is 2.76. The lowest BCUT2D eigenvalue weighted by molar-refractivity contribution is 0.0921. The third-order valence-corrected chi connectivity index (χ3v) is 4.20. The van der Waals surface area contributed by atoms with Crippen molar-refractivity contribution in [2.75, 3.05) is 32.7 Å². The van der Waals surface area contributed by atoms with Crippen LogP contribution in [0.15, 0.2) is 0 Å². The van der Waals surface area contributed by atoms with Crippen molar-refractivity contribution >= 4 is 0 Å². The first-order chi connectivity index (χ1) is 7.40. The van der Waals surface area contributed by atoms with Crippen molar-refractivity contribution in [2.45, 2.75) is 51.5 Å². The van der Waals surface area contributed by atoms with Gasteiger partial charge in [0.1, 0.15) is 0 Å². The third kappa shape index (κ3) is 3.18. The summed E-state index contributed by atoms with van der Waals surface area (Å²) < 4.78 is 0. The van der Waals surface area contributed by atoms with Gasteiger partial charge in [0.25, 0.3) is 0 Å². The second-order valence-electron chi connectivity index (χ2n) is 5.12. The summed E-state index contributed by atoms with van der Waals surface area (Å²) in [6.45, 7) is 8.75. The molecule has 2 heteroatoms. The second-order valence-corrected chi connectivity index (χ2v) is 5.12. The van der Waals surface area contributed by atoms with E-state index in [2.05, 4.69) is 16.7 Å². The number of likely N-dealkylation sites (N-methyl/N-ethyl adjacent to an activating group) is 1. The first-order valence-corrected chi connectivity index (χ1v) is 6.86. The highest BCUT2D eigenvalue weighted by Crippen LogP contribution is 2.22. The molecule has 1 saturated carbocycles. The molecule has 0 bridgehead atoms. The van der Waals surface area contributed by atoms with E-state index in [-0.39, 0.29) is 0 Å². The lowest BCUT2D eigenvalue weighted by atomic mass is 10.1. The molecule has 2 rings (SSSR count). The van der Waals surface area contributed by atoms with E-state index in [4.69, 9.17) is 0 Å². The molecule has 1 saturated heterocycles. The lowest BCUT2D eigenvalue weighted by Crippen LogP contribution is -2.50. The fourth-order valence-electron chi connectivity index (χ4n) is 3.07. The zero-order chi connectivity index (χ0) is 10.5. The quantitative estimate of drug-likeness (QED) is 0.646. The van der Waals surface area contributed by atoms with Gasteiger partial charge in [0.05, 0.1) is 0 Å². The average Bonchev–Trinajstić information content (AvgIpc) is 2.58. The Labute approximate surface area is 94.6 Å². The van der Waals surface area contributed by atoms with Crippen LogP contribution < -0.4 is 0 Å². The molecule has 0 aromatic heterocycles. The highest BCUT2D eigenvalue weighted by Gasteiger charge is 2.23. The third-order valence-electron chi connectivity index (χ3n) is 4.20. The highest BCUT2D eigenvalue weighted by atomic mass is 15.3. The molecule has 0 atom stereocenters. The molecule has 1 aliphatic carbocycles. The molecule has 88 valence electrons. The van der Waals surface area contributed by atoms with Crippen molar-refractivity contribution in [3.05, 3.63) is 0 Å². The van der Waals surface area contributed by atoms with E-state index in [1.165, 1.54) is 71.2 Å². The summed E-state index contributed by atoms with van der Waals surface area (Å²) in [4.78, 5) is 5.34. The summed E-state index contributed by atoms with van der Waals surface area (Å²) in [5.74, 6) is 0. The summed E-state index contributed by atoms with van der Waals surface area (Å²) >= 11 is 0. The first kappa shape index (κ1) is 11.4. The Morgan fingerprint density at radius 1 is 0.867 bits per heavy atom. The van der Waals surface area contributed by atoms with E-state index in [1.807, 2.05) is 0 Å². The van der Waals surface area contributed by atoms with Gasteiger partial charge in [-0.3, -0.25) is 4.90 Å². The predicted molar refractivity (Wildman–Crippen MR) is 65.2 cm³/mol. The number of rotatable bonds is 2. The van der Waals surface area contributed by atoms with Crippen molar-refractivity contribution in [1.29, 1.82) is 0 Å². The Bertz CT molecular complexity index is 165. The smallest absolute Gasteiger partial charge is 0.0113 e. The largest absolute Gasteiger partial charge is 0.301 e. The molecule has 0 amide bonds. The van der Waals surface area contributed by atoms with E-state index in [0.29, 0.717) is 0 Å². The van der Waals surface area contributed by atoms with Crippen LogP contribution in [0.2, 0.25) is 0 Å². The van der Waals surface area contributed by atoms with Crippen LogP contribution in [0.25, 0.3) is 0 Å². The molecule has 0 aromatic carbocycles. The molecule has 0 aromatic rings. The van der Waals surface area contributed by atoms with Crippen LogP contribution in [0.5, 0.6) is 0 Å². The molecule has 2 nitrogen and oxygen atoms in total. The van der Waals surface area contributed by atoms with E-state index >= 15 is 0 Å². The average molecular weight is 210 g/mol. The molecule has 1 aliphatic heterocycles. The molecular formula is C13H26N2. The van der Waals surface area contributed by atoms with Gasteiger partial charge in [-0.05, 0) is 19.4 Å². The second kappa shape index (κ2) is 5.86. The Morgan fingerprint density at radius 3 is 2.00 bits per heavy atom. The minimum atomic E-state index is 0.923. The Kier molecular flexibility index (Phi) is 4.45. The van der Waals surface area contributed by atoms with Crippen molar-refractivity contribution < 1.29 is 0 Å². The maximum Gasteiger partial charge on any atom is 0.0113 e. The van der Waals surface area contributed by atoms with Gasteiger partial charge in [-0.25, -0.2) is 0 Å². The Hall–Kier alpha value is -0.0800. The van der Waals surface area contributed by atoms with Crippen LogP contribution in [0.1, 0.15) is 45.4 Å². The zero-order valence-corrected chi connectivity index (χ0v) is 10.2. The Morgan fingerprint density at radius 2 is 1.47 bits per heavy atom. The molecule has 15 heavy (non-hydrogen) atoms. The monoisotopic (exact) mass is 210 g/mol. The highest BCUT2D eigenvalue weighted by molar-refractivity contribution is 4.79. The summed E-state index contributed by atoms with van der Waals surface area (Å²) in [6.07, 6.45) is 8.83. The zero-order valence-electron chi connectivity index (χ0n) is 10.2. The number of hydrogen-bond donors (Lipinski definition) is 0. The molecule has 0 radical (unpaired) electrons. The SMILES string of the molecule is CCN1CCN(C2CCCCCC2)CC1. The Balaban J connectivity index is 1.78. The fourth-order valence-corrected chi connectivity index (χ4v) is 3.07. The van der Waals surface area contributed by atoms with Gasteiger partial charge in [-0.2, -0.15) is 0 Å². The van der Waals surface area contributed by atoms with Crippen LogP contribution >= 0.6 is 0 Å². The molecule has 0 spiro atoms. The van der Waals surface area contributed by atoms with Crippen molar-refractivity contribution in [3.8, 4) is 0 Å². The van der Waals surface area contributed by atoms with Crippen LogP contribution in [0.3, 0.4) is 0 Å². The normalized spacial score (nSPS) is 27.8. The topological polar surface area (TPSA) is 6.48 Å². The van der Waals surface area contributed by atoms with Gasteiger partial charge in [-0.15, -0.1) is 0 Å². The molecular weight excluding hydrogens is 184 g/mol. The van der Waals surface area contributed by atoms with Crippen molar-refractivity contribution in [1.82, 2.24) is 9.80 Å². The summed E-state index contributed by atoms with van der Waals surface area (Å²) in [5, 5.41) is 0. The predicted octanol–water partition coefficient (Wildman–Crippen LogP) is 2.35. The standard InChI is InChI=1S/C13H26N2/c1-2-14-9-11-15(12-10-14)13-7-5-3-4-6-8-13/h13H,2-12H2,1H3. The van der Waals surface area contributed by atoms with Crippen LogP contribution in [0, 0.1) is 0 Å². The molecule has 2 aliphatic rings. The number of nitrogens with zero attached hydrogens (tertiary/aromatic N) is 2. The molecule has 2 fully saturated rings. The van der Waals surface area contributed by atoms with Gasteiger partial charge >= 0.3 is 0 Å². The summed E-state index contributed by atoms with van der Waals surface area (Å²) in [7, 11) is 0. The molecule has 1 heterocycles. The van der Waals surface area contributed by atoms with Gasteiger partial charge in [0.2, 0.25) is 0 Å². The van der Waals surface area contributed by atoms with Crippen molar-refractivity contribution in [3.63, 3.8) is 0 Å². The summed E-state index contributed by atoms with van der Waals surface area (Å²) in [6, 6.07) is 0.923. The van der Waals surface area contributed by atoms with Gasteiger partial charge in [0, 0.05) is 32.2 Å². The number of piperazine rings is 1. The summed E-state index contributed by atoms with van der Waals surface area (Å²) in [5.41, 5.74) is 0. The minimum Gasteiger partial charge on any atom is -0.301 e. The molecule has 0 unspecified atom stereocenters. The van der Waals surface area contributed by atoms with E-state index in [1.54, 1.807) is 0 Å². The van der Waals surface area contributed by atoms with Gasteiger partial charge < -0.3 is 4.90 Å². The van der Waals surface area contributed by atoms with Crippen LogP contribution in [-0.2, 0) is 0 Å². The minimum absolute atomic E-state index is 0.923.